The van der Waals surface area contributed by atoms with Gasteiger partial charge in [0.1, 0.15) is 0 Å². The maximum atomic E-state index is 11.9. The standard InChI is InChI=1S/C25H39B2NO4S2/c1-24-11-9-21-19(20(24)8-6-17(24)15-30-12-10-23(29)28(3)4)7-5-16-13-18(31-33-26)14-22(32-34-27)25(16,21)2/h5,7,17-18,20-22,26-27H,6,8-15H2,1-4H3/t17-,18-,20?,21?,22+,24-,25+/m1/s1/i26T,27T. The van der Waals surface area contributed by atoms with E-state index in [1.54, 1.807) is 24.6 Å². The zero-order valence-corrected chi connectivity index (χ0v) is 22.6. The van der Waals surface area contributed by atoms with Crippen LogP contribution in [-0.2, 0) is 17.9 Å². The van der Waals surface area contributed by atoms with E-state index in [2.05, 4.69) is 26.0 Å². The van der Waals surface area contributed by atoms with Crippen LogP contribution >= 0.6 is 23.8 Å². The summed E-state index contributed by atoms with van der Waals surface area (Å²) in [6, 6.07) is 0. The third kappa shape index (κ3) is 4.81. The van der Waals surface area contributed by atoms with Gasteiger partial charge < -0.3 is 18.0 Å². The molecule has 0 saturated heterocycles. The highest BCUT2D eigenvalue weighted by molar-refractivity contribution is 8.16. The molecule has 7 atom stereocenters. The Morgan fingerprint density at radius 3 is 2.74 bits per heavy atom. The first-order chi connectivity index (χ1) is 17.3. The average Bonchev–Trinajstić information content (AvgIpc) is 3.20. The van der Waals surface area contributed by atoms with Crippen LogP contribution < -0.4 is 0 Å². The van der Waals surface area contributed by atoms with Gasteiger partial charge in [0.15, 0.2) is 0 Å². The molecule has 186 valence electrons. The molecular formula is C25H39B2NO4S2. The number of nitrogens with zero attached hydrogens (tertiary/aromatic N) is 1. The second kappa shape index (κ2) is 11.0. The number of amides is 1. The second-order valence-electron chi connectivity index (χ2n) is 11.1. The van der Waals surface area contributed by atoms with Crippen molar-refractivity contribution in [3.8, 4) is 0 Å². The van der Waals surface area contributed by atoms with Crippen LogP contribution in [0, 0.1) is 28.6 Å². The third-order valence-electron chi connectivity index (χ3n) is 9.44. The summed E-state index contributed by atoms with van der Waals surface area (Å²) < 4.78 is 33.0. The van der Waals surface area contributed by atoms with Gasteiger partial charge >= 0.3 is 0 Å². The quantitative estimate of drug-likeness (QED) is 0.236. The lowest BCUT2D eigenvalue weighted by molar-refractivity contribution is -0.130. The minimum absolute atomic E-state index is 0.00320. The van der Waals surface area contributed by atoms with E-state index < -0.39 is 0 Å². The maximum absolute atomic E-state index is 11.9. The van der Waals surface area contributed by atoms with E-state index in [4.69, 9.17) is 15.8 Å². The van der Waals surface area contributed by atoms with Gasteiger partial charge in [0.2, 0.25) is 20.1 Å². The van der Waals surface area contributed by atoms with Crippen molar-refractivity contribution in [3.05, 3.63) is 23.3 Å². The predicted octanol–water partition coefficient (Wildman–Crippen LogP) is 4.29. The molecule has 0 aromatic rings. The van der Waals surface area contributed by atoms with Gasteiger partial charge in [-0.2, -0.15) is 0 Å². The fraction of sp³-hybridized carbons (Fsp3) is 0.800. The van der Waals surface area contributed by atoms with Gasteiger partial charge in [0.25, 0.3) is 0 Å². The first kappa shape index (κ1) is 24.0. The molecule has 2 radical (unpaired) electrons. The molecule has 5 nitrogen and oxygen atoms in total. The molecular weight excluding hydrogens is 464 g/mol. The number of rotatable bonds is 11. The van der Waals surface area contributed by atoms with Crippen molar-refractivity contribution in [2.24, 2.45) is 28.6 Å². The Balaban J connectivity index is 1.49. The lowest BCUT2D eigenvalue weighted by atomic mass is 9.50. The fourth-order valence-electron chi connectivity index (χ4n) is 7.35. The van der Waals surface area contributed by atoms with Gasteiger partial charge in [-0.1, -0.05) is 60.9 Å². The molecule has 3 fully saturated rings. The molecule has 2 unspecified atom stereocenters. The molecule has 0 spiro atoms. The second-order valence-corrected chi connectivity index (χ2v) is 11.9. The maximum Gasteiger partial charge on any atom is 0.224 e. The van der Waals surface area contributed by atoms with Crippen molar-refractivity contribution in [1.82, 2.24) is 4.90 Å². The molecule has 9 heteroatoms. The summed E-state index contributed by atoms with van der Waals surface area (Å²) in [4.78, 5) is 13.5. The third-order valence-corrected chi connectivity index (χ3v) is 10.2. The minimum atomic E-state index is -0.113. The highest BCUT2D eigenvalue weighted by Gasteiger charge is 2.59. The monoisotopic (exact) mass is 507 g/mol. The smallest absolute Gasteiger partial charge is 0.224 e. The molecule has 1 amide bonds. The van der Waals surface area contributed by atoms with E-state index in [0.717, 1.165) is 49.7 Å². The molecule has 4 rings (SSSR count). The zero-order chi connectivity index (χ0) is 25.9. The van der Waals surface area contributed by atoms with Gasteiger partial charge in [-0.3, -0.25) is 4.79 Å². The molecule has 34 heavy (non-hydrogen) atoms. The summed E-state index contributed by atoms with van der Waals surface area (Å²) in [5.74, 6) is 1.60. The SMILES string of the molecule is [3H][B]SO[C@@H]1CC2=CC=C3C4CC[C@H](COCCC(=O)N(C)C)[C@@]4(C)CCC3[C@@]2(C)[C@@H](OS[B][3H])C1. The van der Waals surface area contributed by atoms with Crippen LogP contribution in [0.1, 0.15) is 58.8 Å². The molecule has 4 aliphatic carbocycles. The van der Waals surface area contributed by atoms with Gasteiger partial charge in [-0.05, 0) is 57.9 Å². The van der Waals surface area contributed by atoms with E-state index in [0.29, 0.717) is 30.8 Å². The topological polar surface area (TPSA) is 48.0 Å². The lowest BCUT2D eigenvalue weighted by Crippen LogP contribution is -2.53. The van der Waals surface area contributed by atoms with E-state index in [9.17, 15) is 4.79 Å². The predicted molar refractivity (Wildman–Crippen MR) is 144 cm³/mol. The Kier molecular flexibility index (Phi) is 7.74. The van der Waals surface area contributed by atoms with Crippen LogP contribution in [0.15, 0.2) is 23.3 Å². The summed E-state index contributed by atoms with van der Waals surface area (Å²) in [5.41, 5.74) is 3.05. The van der Waals surface area contributed by atoms with Crippen LogP contribution in [0.2, 0.25) is 0 Å². The van der Waals surface area contributed by atoms with Crippen LogP contribution in [0.3, 0.4) is 0 Å². The van der Waals surface area contributed by atoms with Gasteiger partial charge in [0.05, 0.1) is 25.2 Å². The van der Waals surface area contributed by atoms with Crippen molar-refractivity contribution in [1.29, 1.82) is 2.67 Å². The molecule has 0 heterocycles. The molecule has 0 aliphatic heterocycles. The van der Waals surface area contributed by atoms with Crippen LogP contribution in [-0.4, -0.2) is 67.2 Å². The average molecular weight is 507 g/mol. The molecule has 0 N–H and O–H groups in total. The number of ether oxygens (including phenoxy) is 1. The number of carbonyl (C=O) groups is 1. The zero-order valence-electron chi connectivity index (χ0n) is 23.0. The molecule has 0 aromatic heterocycles. The van der Waals surface area contributed by atoms with Crippen LogP contribution in [0.5, 0.6) is 0 Å². The Bertz CT molecular complexity index is 866. The Labute approximate surface area is 219 Å². The van der Waals surface area contributed by atoms with Crippen LogP contribution in [0.4, 0.5) is 0 Å². The fourth-order valence-corrected chi connectivity index (χ4v) is 8.07. The summed E-state index contributed by atoms with van der Waals surface area (Å²) >= 11 is 2.20. The summed E-state index contributed by atoms with van der Waals surface area (Å²) in [6.07, 6.45) is 11.4. The van der Waals surface area contributed by atoms with Crippen molar-refractivity contribution in [2.45, 2.75) is 71.0 Å². The summed E-state index contributed by atoms with van der Waals surface area (Å²) in [5, 5.41) is 0. The van der Waals surface area contributed by atoms with E-state index >= 15 is 0 Å². The normalized spacial score (nSPS) is 39.5. The summed E-state index contributed by atoms with van der Waals surface area (Å²) in [6.45, 7) is 6.05. The number of carbonyl (C=O) groups excluding carboxylic acids is 1. The Morgan fingerprint density at radius 2 is 1.97 bits per heavy atom. The summed E-state index contributed by atoms with van der Waals surface area (Å²) in [7, 11) is 6.06. The highest BCUT2D eigenvalue weighted by atomic mass is 32.2. The van der Waals surface area contributed by atoms with Gasteiger partial charge in [-0.15, -0.1) is 0 Å². The van der Waals surface area contributed by atoms with Gasteiger partial charge in [0, 0.05) is 32.5 Å². The number of allylic oxidation sites excluding steroid dienone is 3. The van der Waals surface area contributed by atoms with Crippen molar-refractivity contribution < 1.29 is 17.9 Å². The molecule has 0 bridgehead atoms. The first-order valence-electron chi connectivity index (χ1n) is 13.6. The largest absolute Gasteiger partial charge is 0.381 e. The molecule has 0 aromatic carbocycles. The Hall–Kier alpha value is -0.340. The molecule has 3 saturated carbocycles. The van der Waals surface area contributed by atoms with Crippen molar-refractivity contribution in [3.63, 3.8) is 0 Å². The highest BCUT2D eigenvalue weighted by Crippen LogP contribution is 2.65. The Morgan fingerprint density at radius 1 is 1.18 bits per heavy atom. The van der Waals surface area contributed by atoms with Crippen LogP contribution in [0.25, 0.3) is 0 Å². The van der Waals surface area contributed by atoms with Crippen molar-refractivity contribution >= 4 is 43.9 Å². The number of hydrogen-bond acceptors (Lipinski definition) is 6. The van der Waals surface area contributed by atoms with E-state index in [-0.39, 0.29) is 28.9 Å². The number of hydrogen-bond donors (Lipinski definition) is 0. The first-order valence-corrected chi connectivity index (χ1v) is 14.1. The van der Waals surface area contributed by atoms with E-state index in [1.165, 1.54) is 39.0 Å². The number of fused-ring (bicyclic) bond motifs is 5. The van der Waals surface area contributed by atoms with E-state index in [1.807, 2.05) is 0 Å². The lowest BCUT2D eigenvalue weighted by Gasteiger charge is -2.57. The van der Waals surface area contributed by atoms with Gasteiger partial charge in [-0.25, -0.2) is 0 Å². The van der Waals surface area contributed by atoms with Crippen molar-refractivity contribution in [2.75, 3.05) is 27.3 Å². The minimum Gasteiger partial charge on any atom is -0.381 e. The molecule has 4 aliphatic rings.